The first-order valence-corrected chi connectivity index (χ1v) is 8.58. The molecule has 3 aromatic rings. The molecule has 2 heterocycles. The van der Waals surface area contributed by atoms with Gasteiger partial charge in [0.25, 0.3) is 0 Å². The molecule has 0 bridgehead atoms. The van der Waals surface area contributed by atoms with Crippen molar-refractivity contribution in [3.63, 3.8) is 0 Å². The van der Waals surface area contributed by atoms with Crippen LogP contribution in [-0.2, 0) is 0 Å². The highest BCUT2D eigenvalue weighted by atomic mass is 16.2. The third-order valence-electron chi connectivity index (χ3n) is 4.51. The number of imidazole rings is 1. The lowest BCUT2D eigenvalue weighted by Gasteiger charge is -2.26. The lowest BCUT2D eigenvalue weighted by molar-refractivity contribution is 0.102. The summed E-state index contributed by atoms with van der Waals surface area (Å²) in [6.45, 7) is 1.98. The number of ketones is 1. The van der Waals surface area contributed by atoms with Crippen LogP contribution in [0.1, 0.15) is 27.5 Å². The van der Waals surface area contributed by atoms with Gasteiger partial charge in [0, 0.05) is 35.4 Å². The maximum atomic E-state index is 13.1. The van der Waals surface area contributed by atoms with Crippen molar-refractivity contribution in [2.45, 2.75) is 13.0 Å². The standard InChI is InChI=1S/C21H18N4O2/c1-14-3-2-4-16(11-14)19-18(12-23-21(27)24-19)20(26)15-5-7-17(8-6-15)25-10-9-22-13-25/h2-13,19H,1H3,(H2,23,24,27). The molecule has 1 atom stereocenters. The van der Waals surface area contributed by atoms with E-state index in [1.165, 1.54) is 6.20 Å². The molecular formula is C21H18N4O2. The first kappa shape index (κ1) is 16.8. The second-order valence-corrected chi connectivity index (χ2v) is 6.41. The van der Waals surface area contributed by atoms with Crippen LogP contribution < -0.4 is 10.6 Å². The van der Waals surface area contributed by atoms with Gasteiger partial charge in [0.15, 0.2) is 5.78 Å². The Labute approximate surface area is 156 Å². The summed E-state index contributed by atoms with van der Waals surface area (Å²) in [5.41, 5.74) is 3.91. The van der Waals surface area contributed by atoms with Crippen LogP contribution in [0.4, 0.5) is 4.79 Å². The van der Waals surface area contributed by atoms with E-state index in [1.54, 1.807) is 24.7 Å². The topological polar surface area (TPSA) is 76.0 Å². The zero-order valence-corrected chi connectivity index (χ0v) is 14.7. The van der Waals surface area contributed by atoms with Crippen molar-refractivity contribution in [2.24, 2.45) is 0 Å². The molecule has 0 radical (unpaired) electrons. The Morgan fingerprint density at radius 2 is 1.96 bits per heavy atom. The molecule has 6 nitrogen and oxygen atoms in total. The summed E-state index contributed by atoms with van der Waals surface area (Å²) in [6, 6.07) is 14.3. The number of aromatic nitrogens is 2. The summed E-state index contributed by atoms with van der Waals surface area (Å²) in [6.07, 6.45) is 6.74. The van der Waals surface area contributed by atoms with E-state index in [9.17, 15) is 9.59 Å². The van der Waals surface area contributed by atoms with E-state index in [-0.39, 0.29) is 11.8 Å². The van der Waals surface area contributed by atoms with E-state index in [4.69, 9.17) is 0 Å². The van der Waals surface area contributed by atoms with Crippen LogP contribution in [0.3, 0.4) is 0 Å². The molecule has 2 aromatic carbocycles. The summed E-state index contributed by atoms with van der Waals surface area (Å²) in [7, 11) is 0. The van der Waals surface area contributed by atoms with Crippen LogP contribution in [0, 0.1) is 6.92 Å². The number of hydrogen-bond acceptors (Lipinski definition) is 3. The van der Waals surface area contributed by atoms with Gasteiger partial charge in [-0.3, -0.25) is 4.79 Å². The predicted molar refractivity (Wildman–Crippen MR) is 102 cm³/mol. The highest BCUT2D eigenvalue weighted by Gasteiger charge is 2.28. The molecule has 0 saturated heterocycles. The molecule has 1 aliphatic rings. The number of carbonyl (C=O) groups excluding carboxylic acids is 2. The van der Waals surface area contributed by atoms with E-state index < -0.39 is 6.04 Å². The lowest BCUT2D eigenvalue weighted by atomic mass is 9.91. The third-order valence-corrected chi connectivity index (χ3v) is 4.51. The lowest BCUT2D eigenvalue weighted by Crippen LogP contribution is -2.42. The van der Waals surface area contributed by atoms with Crippen LogP contribution in [0.5, 0.6) is 0 Å². The van der Waals surface area contributed by atoms with Gasteiger partial charge in [-0.05, 0) is 36.8 Å². The van der Waals surface area contributed by atoms with E-state index in [2.05, 4.69) is 15.6 Å². The first-order valence-electron chi connectivity index (χ1n) is 8.58. The Balaban J connectivity index is 1.65. The molecule has 4 rings (SSSR count). The highest BCUT2D eigenvalue weighted by molar-refractivity contribution is 6.10. The van der Waals surface area contributed by atoms with Gasteiger partial charge in [-0.1, -0.05) is 29.8 Å². The first-order chi connectivity index (χ1) is 13.1. The Hall–Kier alpha value is -3.67. The highest BCUT2D eigenvalue weighted by Crippen LogP contribution is 2.27. The maximum absolute atomic E-state index is 13.1. The van der Waals surface area contributed by atoms with Crippen LogP contribution in [0.2, 0.25) is 0 Å². The zero-order valence-electron chi connectivity index (χ0n) is 14.7. The Kier molecular flexibility index (Phi) is 4.30. The van der Waals surface area contributed by atoms with Gasteiger partial charge in [0.05, 0.1) is 12.4 Å². The van der Waals surface area contributed by atoms with Gasteiger partial charge >= 0.3 is 6.03 Å². The molecule has 1 aromatic heterocycles. The molecule has 0 aliphatic carbocycles. The molecule has 1 unspecified atom stereocenters. The van der Waals surface area contributed by atoms with Gasteiger partial charge in [-0.15, -0.1) is 0 Å². The van der Waals surface area contributed by atoms with Crippen LogP contribution in [0.25, 0.3) is 5.69 Å². The summed E-state index contributed by atoms with van der Waals surface area (Å²) in [5.74, 6) is -0.133. The van der Waals surface area contributed by atoms with Crippen LogP contribution in [-0.4, -0.2) is 21.4 Å². The average Bonchev–Trinajstić information content (AvgIpc) is 3.22. The number of Topliss-reactive ketones (excluding diaryl/α,β-unsaturated/α-hetero) is 1. The second kappa shape index (κ2) is 6.92. The Bertz CT molecular complexity index is 1020. The smallest absolute Gasteiger partial charge is 0.319 e. The number of aryl methyl sites for hydroxylation is 1. The largest absolute Gasteiger partial charge is 0.327 e. The molecule has 1 aliphatic heterocycles. The van der Waals surface area contributed by atoms with Gasteiger partial charge < -0.3 is 15.2 Å². The molecule has 2 amide bonds. The number of carbonyl (C=O) groups is 2. The van der Waals surface area contributed by atoms with E-state index >= 15 is 0 Å². The van der Waals surface area contributed by atoms with Crippen molar-refractivity contribution in [3.05, 3.63) is 95.7 Å². The Morgan fingerprint density at radius 3 is 2.67 bits per heavy atom. The fraction of sp³-hybridized carbons (Fsp3) is 0.0952. The summed E-state index contributed by atoms with van der Waals surface area (Å²) in [4.78, 5) is 28.9. The second-order valence-electron chi connectivity index (χ2n) is 6.41. The summed E-state index contributed by atoms with van der Waals surface area (Å²) in [5, 5.41) is 5.43. The minimum atomic E-state index is -0.487. The molecule has 0 fully saturated rings. The summed E-state index contributed by atoms with van der Waals surface area (Å²) >= 11 is 0. The number of urea groups is 1. The molecule has 0 saturated carbocycles. The number of amides is 2. The fourth-order valence-corrected chi connectivity index (χ4v) is 3.15. The van der Waals surface area contributed by atoms with Crippen molar-refractivity contribution < 1.29 is 9.59 Å². The van der Waals surface area contributed by atoms with Gasteiger partial charge in [0.2, 0.25) is 0 Å². The molecule has 0 spiro atoms. The molecule has 134 valence electrons. The maximum Gasteiger partial charge on any atom is 0.319 e. The van der Waals surface area contributed by atoms with E-state index in [0.29, 0.717) is 11.1 Å². The molecular weight excluding hydrogens is 340 g/mol. The number of rotatable bonds is 4. The number of benzene rings is 2. The number of hydrogen-bond donors (Lipinski definition) is 2. The van der Waals surface area contributed by atoms with Crippen LogP contribution >= 0.6 is 0 Å². The SMILES string of the molecule is Cc1cccc(C2NC(=O)NC=C2C(=O)c2ccc(-n3ccnc3)cc2)c1. The third kappa shape index (κ3) is 3.37. The van der Waals surface area contributed by atoms with E-state index in [0.717, 1.165) is 16.8 Å². The van der Waals surface area contributed by atoms with Gasteiger partial charge in [0.1, 0.15) is 0 Å². The normalized spacial score (nSPS) is 16.3. The van der Waals surface area contributed by atoms with Crippen LogP contribution in [0.15, 0.2) is 79.0 Å². The van der Waals surface area contributed by atoms with Crippen molar-refractivity contribution >= 4 is 11.8 Å². The van der Waals surface area contributed by atoms with Gasteiger partial charge in [-0.25, -0.2) is 9.78 Å². The fourth-order valence-electron chi connectivity index (χ4n) is 3.15. The summed E-state index contributed by atoms with van der Waals surface area (Å²) < 4.78 is 1.87. The number of nitrogens with one attached hydrogen (secondary N) is 2. The van der Waals surface area contributed by atoms with Crippen molar-refractivity contribution in [2.75, 3.05) is 0 Å². The zero-order chi connectivity index (χ0) is 18.8. The average molecular weight is 358 g/mol. The Morgan fingerprint density at radius 1 is 1.15 bits per heavy atom. The van der Waals surface area contributed by atoms with Crippen molar-refractivity contribution in [3.8, 4) is 5.69 Å². The minimum absolute atomic E-state index is 0.133. The van der Waals surface area contributed by atoms with Crippen molar-refractivity contribution in [1.29, 1.82) is 0 Å². The van der Waals surface area contributed by atoms with Gasteiger partial charge in [-0.2, -0.15) is 0 Å². The predicted octanol–water partition coefficient (Wildman–Crippen LogP) is 3.30. The molecule has 6 heteroatoms. The number of nitrogens with zero attached hydrogens (tertiary/aromatic N) is 2. The minimum Gasteiger partial charge on any atom is -0.327 e. The quantitative estimate of drug-likeness (QED) is 0.703. The van der Waals surface area contributed by atoms with E-state index in [1.807, 2.05) is 54.1 Å². The molecule has 27 heavy (non-hydrogen) atoms. The molecule has 2 N–H and O–H groups in total. The van der Waals surface area contributed by atoms with Crippen molar-refractivity contribution in [1.82, 2.24) is 20.2 Å². The monoisotopic (exact) mass is 358 g/mol.